The van der Waals surface area contributed by atoms with Gasteiger partial charge in [-0.25, -0.2) is 0 Å². The molecule has 16 heteroatoms. The molecule has 0 radical (unpaired) electrons. The molecule has 4 aliphatic heterocycles. The first kappa shape index (κ1) is 82.3. The molecule has 0 N–H and O–H groups in total. The van der Waals surface area contributed by atoms with E-state index in [4.69, 9.17) is 37.9 Å². The van der Waals surface area contributed by atoms with E-state index in [0.717, 1.165) is 122 Å². The Morgan fingerprint density at radius 2 is 0.358 bits per heavy atom. The van der Waals surface area contributed by atoms with Gasteiger partial charge < -0.3 is 56.2 Å². The molecule has 4 heterocycles. The first-order valence-electron chi connectivity index (χ1n) is 43.5. The maximum Gasteiger partial charge on any atom is 0.230 e. The Balaban J connectivity index is 1.06. The van der Waals surface area contributed by atoms with Crippen LogP contribution in [-0.4, -0.2) is 27.2 Å². The molecule has 1 aliphatic carbocycles. The van der Waals surface area contributed by atoms with E-state index in [1.165, 1.54) is 0 Å². The summed E-state index contributed by atoms with van der Waals surface area (Å²) >= 11 is 0. The minimum absolute atomic E-state index is 0.0485. The third-order valence-corrected chi connectivity index (χ3v) is 37.6. The lowest BCUT2D eigenvalue weighted by atomic mass is 9.74. The van der Waals surface area contributed by atoms with Crippen molar-refractivity contribution < 1.29 is 56.2 Å². The fourth-order valence-corrected chi connectivity index (χ4v) is 30.3. The maximum absolute atomic E-state index is 17.5. The van der Waals surface area contributed by atoms with Crippen molar-refractivity contribution in [1.82, 2.24) is 0 Å². The van der Waals surface area contributed by atoms with Crippen molar-refractivity contribution in [1.29, 1.82) is 0 Å². The van der Waals surface area contributed by atoms with Gasteiger partial charge >= 0.3 is 0 Å². The largest absolute Gasteiger partial charge is 0.457 e. The second-order valence-electron chi connectivity index (χ2n) is 32.9. The van der Waals surface area contributed by atoms with Crippen LogP contribution in [0.25, 0.3) is 0 Å². The molecule has 16 bridgehead atoms. The van der Waals surface area contributed by atoms with Crippen molar-refractivity contribution in [2.24, 2.45) is 0 Å². The summed E-state index contributed by atoms with van der Waals surface area (Å²) in [4.78, 5) is 0. The summed E-state index contributed by atoms with van der Waals surface area (Å²) in [6.07, 6.45) is 13.2. The molecule has 616 valence electrons. The zero-order chi connectivity index (χ0) is 82.2. The molecule has 0 spiro atoms. The second-order valence-corrected chi connectivity index (χ2v) is 44.2. The van der Waals surface area contributed by atoms with Crippen molar-refractivity contribution in [3.05, 3.63) is 334 Å². The summed E-state index contributed by atoms with van der Waals surface area (Å²) < 4.78 is 129. The SMILES string of the molecule is CCCCCC1c2cc(c3c(CP(=O)(c4ccccc4)c4ccccc4)c2OCO3)C(CCCCC)c2cc(c3c(CP(=O)(c4ccccc4)c4ccccc4)c2OCO3)C(CCCCC)c2cc(c3c(CP(=O)(c4ccccc4)c4ccccc4)c2OCO3)C(CCCCC)c2cc1c1c(CP(=O)(c3ccccc3)c3ccccc3)c2OCO1. The van der Waals surface area contributed by atoms with E-state index >= 15 is 18.3 Å². The monoisotopic (exact) mass is 1670 g/mol. The van der Waals surface area contributed by atoms with E-state index in [9.17, 15) is 0 Å². The first-order valence-corrected chi connectivity index (χ1v) is 51.1. The van der Waals surface area contributed by atoms with Crippen LogP contribution in [0.3, 0.4) is 0 Å². The zero-order valence-electron chi connectivity index (χ0n) is 69.4. The lowest BCUT2D eigenvalue weighted by Crippen LogP contribution is -2.27. The summed E-state index contributed by atoms with van der Waals surface area (Å²) in [6, 6.07) is 88.9. The van der Waals surface area contributed by atoms with Crippen LogP contribution in [-0.2, 0) is 42.9 Å². The molecule has 0 fully saturated rings. The predicted molar refractivity (Wildman–Crippen MR) is 488 cm³/mol. The number of unbranched alkanes of at least 4 members (excludes halogenated alkanes) is 8. The van der Waals surface area contributed by atoms with E-state index in [1.54, 1.807) is 0 Å². The van der Waals surface area contributed by atoms with Crippen LogP contribution in [0.2, 0.25) is 0 Å². The smallest absolute Gasteiger partial charge is 0.230 e. The summed E-state index contributed by atoms with van der Waals surface area (Å²) in [5, 5.41) is 5.66. The molecular formula is C104H108O12P4. The molecule has 12 aromatic rings. The van der Waals surface area contributed by atoms with E-state index in [2.05, 4.69) is 52.0 Å². The molecule has 0 atom stereocenters. The van der Waals surface area contributed by atoms with Crippen LogP contribution in [0.1, 0.15) is 221 Å². The van der Waals surface area contributed by atoms with Gasteiger partial charge in [0.1, 0.15) is 74.6 Å². The molecule has 0 unspecified atom stereocenters. The molecule has 12 aromatic carbocycles. The normalized spacial score (nSPS) is 16.4. The third-order valence-electron chi connectivity index (χ3n) is 25.5. The number of benzene rings is 12. The Labute approximate surface area is 708 Å². The van der Waals surface area contributed by atoms with Crippen LogP contribution >= 0.6 is 28.6 Å². The van der Waals surface area contributed by atoms with E-state index in [-0.39, 0.29) is 51.8 Å². The lowest BCUT2D eigenvalue weighted by Gasteiger charge is -2.38. The van der Waals surface area contributed by atoms with E-state index in [0.29, 0.717) is 136 Å². The Hall–Kier alpha value is -10.0. The summed E-state index contributed by atoms with van der Waals surface area (Å²) in [6.45, 7) is 8.46. The maximum atomic E-state index is 17.5. The number of rotatable bonds is 32. The highest BCUT2D eigenvalue weighted by atomic mass is 31.2. The van der Waals surface area contributed by atoms with Gasteiger partial charge in [-0.3, -0.25) is 0 Å². The topological polar surface area (TPSA) is 142 Å². The zero-order valence-corrected chi connectivity index (χ0v) is 72.9. The van der Waals surface area contributed by atoms with Gasteiger partial charge in [0.05, 0.1) is 0 Å². The van der Waals surface area contributed by atoms with Crippen molar-refractivity contribution in [2.45, 2.75) is 179 Å². The molecule has 12 nitrogen and oxygen atoms in total. The number of hydrogen-bond donors (Lipinski definition) is 0. The average Bonchev–Trinajstić information content (AvgIpc) is 0.715. The molecule has 0 saturated heterocycles. The Morgan fingerprint density at radius 1 is 0.217 bits per heavy atom. The Kier molecular flexibility index (Phi) is 25.2. The van der Waals surface area contributed by atoms with Gasteiger partial charge in [0.2, 0.25) is 27.2 Å². The summed E-state index contributed by atoms with van der Waals surface area (Å²) in [5.74, 6) is 2.84. The molecule has 17 rings (SSSR count). The Bertz CT molecular complexity index is 4790. The molecule has 0 saturated carbocycles. The van der Waals surface area contributed by atoms with Crippen LogP contribution in [0.15, 0.2) is 267 Å². The first-order chi connectivity index (χ1) is 58.9. The van der Waals surface area contributed by atoms with Gasteiger partial charge in [-0.15, -0.1) is 0 Å². The lowest BCUT2D eigenvalue weighted by molar-refractivity contribution is 0.0951. The average molecular weight is 1670 g/mol. The molecule has 0 aromatic heterocycles. The van der Waals surface area contributed by atoms with Crippen LogP contribution in [0, 0.1) is 0 Å². The highest BCUT2D eigenvalue weighted by Gasteiger charge is 2.47. The molecular weight excluding hydrogens is 1570 g/mol. The molecule has 5 aliphatic rings. The second kappa shape index (κ2) is 36.7. The molecule has 120 heavy (non-hydrogen) atoms. The van der Waals surface area contributed by atoms with Gasteiger partial charge in [-0.05, 0) is 49.9 Å². The third kappa shape index (κ3) is 16.0. The fourth-order valence-electron chi connectivity index (χ4n) is 19.5. The number of fused-ring (bicyclic) bond motifs is 24. The highest BCUT2D eigenvalue weighted by molar-refractivity contribution is 7.79. The van der Waals surface area contributed by atoms with Crippen molar-refractivity contribution >= 4 is 71.0 Å². The van der Waals surface area contributed by atoms with Crippen molar-refractivity contribution in [3.8, 4) is 46.0 Å². The van der Waals surface area contributed by atoms with Gasteiger partial charge in [-0.1, -0.05) is 347 Å². The van der Waals surface area contributed by atoms with Crippen molar-refractivity contribution in [2.75, 3.05) is 27.2 Å². The van der Waals surface area contributed by atoms with Gasteiger partial charge in [0, 0.05) is 158 Å². The Morgan fingerprint density at radius 3 is 0.492 bits per heavy atom. The van der Waals surface area contributed by atoms with Crippen LogP contribution < -0.4 is 80.3 Å². The van der Waals surface area contributed by atoms with Crippen molar-refractivity contribution in [3.63, 3.8) is 0 Å². The van der Waals surface area contributed by atoms with Gasteiger partial charge in [0.25, 0.3) is 0 Å². The standard InChI is InChI=1S/C104H108O12P4/c1-5-9-21-57-81-85-61-87(99-93(97(85)109-69-111-99)65-117(105,73-41-25-13-26-42-73)74-43-27-14-28-44-74)82(58-22-10-6-2)89-63-91(103-95(101(89)113-71-115-103)67-119(107,77-49-33-17-34-50-77)78-51-35-18-36-52-78)84(60-24-12-8-4)92-64-90(102-96(104(92)116-72-114-102)68-120(108,79-53-37-19-38-54-79)80-55-39-20-40-56-80)83(59-23-11-7-3)88-62-86(81)98-94(100(88)112-70-110-98)66-118(106,75-45-29-15-30-46-75)76-47-31-16-32-48-76/h13-20,25-56,61-64,81-84H,5-12,21-24,57-60,65-72H2,1-4H3. The minimum Gasteiger partial charge on any atom is -0.457 e. The van der Waals surface area contributed by atoms with Crippen LogP contribution in [0.4, 0.5) is 0 Å². The van der Waals surface area contributed by atoms with Gasteiger partial charge in [-0.2, -0.15) is 0 Å². The minimum atomic E-state index is -3.68. The predicted octanol–water partition coefficient (Wildman–Crippen LogP) is 23.8. The van der Waals surface area contributed by atoms with E-state index < -0.39 is 52.2 Å². The summed E-state index contributed by atoms with van der Waals surface area (Å²) in [7, 11) is -14.7. The fraction of sp³-hybridized carbons (Fsp3) is 0.308. The summed E-state index contributed by atoms with van der Waals surface area (Å²) in [5.41, 5.74) is 9.96. The van der Waals surface area contributed by atoms with Gasteiger partial charge in [0.15, 0.2) is 0 Å². The quantitative estimate of drug-likeness (QED) is 0.0293. The van der Waals surface area contributed by atoms with E-state index in [1.807, 2.05) is 243 Å². The number of ether oxygens (including phenoxy) is 8. The molecule has 0 amide bonds. The van der Waals surface area contributed by atoms with Crippen LogP contribution in [0.5, 0.6) is 46.0 Å². The number of hydrogen-bond acceptors (Lipinski definition) is 12. The highest BCUT2D eigenvalue weighted by Crippen LogP contribution is 2.65.